The highest BCUT2D eigenvalue weighted by Gasteiger charge is 2.17. The number of rotatable bonds is 6. The van der Waals surface area contributed by atoms with E-state index in [1.165, 1.54) is 22.9 Å². The van der Waals surface area contributed by atoms with Gasteiger partial charge in [-0.05, 0) is 12.5 Å². The van der Waals surface area contributed by atoms with Crippen LogP contribution in [-0.4, -0.2) is 27.6 Å². The highest BCUT2D eigenvalue weighted by molar-refractivity contribution is 5.96. The topological polar surface area (TPSA) is 114 Å². The molecule has 1 rings (SSSR count). The van der Waals surface area contributed by atoms with Crippen LogP contribution in [0.5, 0.6) is 0 Å². The molecular weight excluding hydrogens is 250 g/mol. The van der Waals surface area contributed by atoms with Gasteiger partial charge >= 0.3 is 5.97 Å². The number of carbonyl (C=O) groups excluding carboxylic acids is 1. The van der Waals surface area contributed by atoms with Crippen LogP contribution in [0.3, 0.4) is 0 Å². The van der Waals surface area contributed by atoms with E-state index in [1.54, 1.807) is 0 Å². The largest absolute Gasteiger partial charge is 0.481 e. The molecule has 7 nitrogen and oxygen atoms in total. The van der Waals surface area contributed by atoms with Crippen molar-refractivity contribution in [2.24, 2.45) is 5.73 Å². The summed E-state index contributed by atoms with van der Waals surface area (Å²) in [7, 11) is 0. The van der Waals surface area contributed by atoms with Crippen molar-refractivity contribution in [3.8, 4) is 0 Å². The fourth-order valence-electron chi connectivity index (χ4n) is 1.54. The van der Waals surface area contributed by atoms with E-state index < -0.39 is 24.3 Å². The molecule has 0 fully saturated rings. The van der Waals surface area contributed by atoms with E-state index in [4.69, 9.17) is 10.8 Å². The standard InChI is InChI=1S/C12H17N3O4/c1-2-5-15-7-8(3-4-10(15)16)14-12(19)9(13)6-11(17)18/h3-4,7,9H,2,5-6,13H2,1H3,(H,14,19)(H,17,18). The fourth-order valence-corrected chi connectivity index (χ4v) is 1.54. The summed E-state index contributed by atoms with van der Waals surface area (Å²) < 4.78 is 1.47. The summed E-state index contributed by atoms with van der Waals surface area (Å²) in [6, 6.07) is 1.68. The monoisotopic (exact) mass is 267 g/mol. The Bertz CT molecular complexity index is 524. The number of carbonyl (C=O) groups is 2. The molecule has 0 bridgehead atoms. The van der Waals surface area contributed by atoms with Crippen LogP contribution in [0, 0.1) is 0 Å². The molecule has 1 atom stereocenters. The van der Waals surface area contributed by atoms with E-state index in [-0.39, 0.29) is 5.56 Å². The van der Waals surface area contributed by atoms with Gasteiger partial charge in [0.05, 0.1) is 18.2 Å². The first-order valence-corrected chi connectivity index (χ1v) is 5.92. The number of hydrogen-bond acceptors (Lipinski definition) is 4. The smallest absolute Gasteiger partial charge is 0.305 e. The van der Waals surface area contributed by atoms with Gasteiger partial charge in [0.2, 0.25) is 5.91 Å². The number of hydrogen-bond donors (Lipinski definition) is 3. The highest BCUT2D eigenvalue weighted by Crippen LogP contribution is 2.05. The molecule has 4 N–H and O–H groups in total. The Morgan fingerprint density at radius 1 is 1.47 bits per heavy atom. The van der Waals surface area contributed by atoms with Gasteiger partial charge < -0.3 is 20.7 Å². The maximum atomic E-state index is 11.6. The number of carboxylic acid groups (broad SMARTS) is 1. The first-order valence-electron chi connectivity index (χ1n) is 5.92. The van der Waals surface area contributed by atoms with Crippen molar-refractivity contribution in [2.75, 3.05) is 5.32 Å². The zero-order chi connectivity index (χ0) is 14.4. The summed E-state index contributed by atoms with van der Waals surface area (Å²) in [5.41, 5.74) is 5.69. The molecule has 7 heteroatoms. The number of pyridine rings is 1. The first kappa shape index (κ1) is 14.9. The molecule has 1 unspecified atom stereocenters. The molecule has 0 spiro atoms. The van der Waals surface area contributed by atoms with Crippen LogP contribution in [0.25, 0.3) is 0 Å². The SMILES string of the molecule is CCCn1cc(NC(=O)C(N)CC(=O)O)ccc1=O. The van der Waals surface area contributed by atoms with Gasteiger partial charge in [0.25, 0.3) is 5.56 Å². The van der Waals surface area contributed by atoms with Gasteiger partial charge in [0.15, 0.2) is 0 Å². The molecule has 0 saturated heterocycles. The first-order chi connectivity index (χ1) is 8.93. The Labute approximate surface area is 110 Å². The number of carboxylic acids is 1. The molecule has 19 heavy (non-hydrogen) atoms. The minimum atomic E-state index is -1.14. The van der Waals surface area contributed by atoms with Crippen molar-refractivity contribution < 1.29 is 14.7 Å². The molecule has 0 aliphatic rings. The predicted molar refractivity (Wildman–Crippen MR) is 69.9 cm³/mol. The summed E-state index contributed by atoms with van der Waals surface area (Å²) in [4.78, 5) is 33.5. The summed E-state index contributed by atoms with van der Waals surface area (Å²) in [5.74, 6) is -1.73. The fraction of sp³-hybridized carbons (Fsp3) is 0.417. The molecule has 1 heterocycles. The Kier molecular flexibility index (Phi) is 5.25. The lowest BCUT2D eigenvalue weighted by atomic mass is 10.2. The number of amides is 1. The van der Waals surface area contributed by atoms with Gasteiger partial charge in [-0.3, -0.25) is 14.4 Å². The van der Waals surface area contributed by atoms with E-state index >= 15 is 0 Å². The molecule has 104 valence electrons. The number of nitrogens with zero attached hydrogens (tertiary/aromatic N) is 1. The molecule has 1 aromatic heterocycles. The lowest BCUT2D eigenvalue weighted by Gasteiger charge is -2.11. The minimum absolute atomic E-state index is 0.158. The second kappa shape index (κ2) is 6.69. The zero-order valence-corrected chi connectivity index (χ0v) is 10.6. The van der Waals surface area contributed by atoms with Gasteiger partial charge in [-0.2, -0.15) is 0 Å². The Morgan fingerprint density at radius 2 is 2.16 bits per heavy atom. The number of nitrogens with two attached hydrogens (primary N) is 1. The summed E-state index contributed by atoms with van der Waals surface area (Å²) >= 11 is 0. The van der Waals surface area contributed by atoms with Gasteiger partial charge in [0.1, 0.15) is 0 Å². The lowest BCUT2D eigenvalue weighted by molar-refractivity contribution is -0.138. The van der Waals surface area contributed by atoms with Crippen molar-refractivity contribution in [3.63, 3.8) is 0 Å². The molecule has 0 aromatic carbocycles. The summed E-state index contributed by atoms with van der Waals surface area (Å²) in [5, 5.41) is 11.0. The van der Waals surface area contributed by atoms with Gasteiger partial charge in [-0.25, -0.2) is 0 Å². The van der Waals surface area contributed by atoms with Gasteiger partial charge in [0, 0.05) is 18.8 Å². The maximum absolute atomic E-state index is 11.6. The van der Waals surface area contributed by atoms with Crippen LogP contribution < -0.4 is 16.6 Å². The second-order valence-corrected chi connectivity index (χ2v) is 4.14. The Balaban J connectivity index is 2.76. The van der Waals surface area contributed by atoms with Gasteiger partial charge in [-0.15, -0.1) is 0 Å². The summed E-state index contributed by atoms with van der Waals surface area (Å²) in [6.45, 7) is 2.48. The zero-order valence-electron chi connectivity index (χ0n) is 10.6. The van der Waals surface area contributed by atoms with Crippen LogP contribution in [0.1, 0.15) is 19.8 Å². The molecule has 0 saturated carbocycles. The third-order valence-electron chi connectivity index (χ3n) is 2.45. The van der Waals surface area contributed by atoms with E-state index in [1.807, 2.05) is 6.92 Å². The number of nitrogens with one attached hydrogen (secondary N) is 1. The van der Waals surface area contributed by atoms with Crippen LogP contribution in [0.2, 0.25) is 0 Å². The normalized spacial score (nSPS) is 11.9. The lowest BCUT2D eigenvalue weighted by Crippen LogP contribution is -2.37. The van der Waals surface area contributed by atoms with Crippen molar-refractivity contribution >= 4 is 17.6 Å². The van der Waals surface area contributed by atoms with Crippen LogP contribution in [-0.2, 0) is 16.1 Å². The molecule has 0 radical (unpaired) electrons. The van der Waals surface area contributed by atoms with Crippen molar-refractivity contribution in [1.29, 1.82) is 0 Å². The third kappa shape index (κ3) is 4.55. The second-order valence-electron chi connectivity index (χ2n) is 4.14. The van der Waals surface area contributed by atoms with Crippen LogP contribution in [0.15, 0.2) is 23.1 Å². The average molecular weight is 267 g/mol. The highest BCUT2D eigenvalue weighted by atomic mass is 16.4. The number of aliphatic carboxylic acids is 1. The Hall–Kier alpha value is -2.15. The molecular formula is C12H17N3O4. The number of aromatic nitrogens is 1. The van der Waals surface area contributed by atoms with Crippen molar-refractivity contribution in [2.45, 2.75) is 32.4 Å². The maximum Gasteiger partial charge on any atom is 0.305 e. The average Bonchev–Trinajstić information content (AvgIpc) is 2.32. The van der Waals surface area contributed by atoms with E-state index in [0.29, 0.717) is 12.2 Å². The number of anilines is 1. The molecule has 0 aliphatic heterocycles. The van der Waals surface area contributed by atoms with Crippen LogP contribution >= 0.6 is 0 Å². The predicted octanol–water partition coefficient (Wildman–Crippen LogP) is -0.00120. The number of aryl methyl sites for hydroxylation is 1. The molecule has 0 aliphatic carbocycles. The van der Waals surface area contributed by atoms with E-state index in [2.05, 4.69) is 5.32 Å². The van der Waals surface area contributed by atoms with Crippen molar-refractivity contribution in [1.82, 2.24) is 4.57 Å². The quantitative estimate of drug-likeness (QED) is 0.671. The third-order valence-corrected chi connectivity index (χ3v) is 2.45. The molecule has 1 aromatic rings. The van der Waals surface area contributed by atoms with Gasteiger partial charge in [-0.1, -0.05) is 6.92 Å². The molecule has 1 amide bonds. The van der Waals surface area contributed by atoms with Crippen LogP contribution in [0.4, 0.5) is 5.69 Å². The van der Waals surface area contributed by atoms with Crippen molar-refractivity contribution in [3.05, 3.63) is 28.7 Å². The van der Waals surface area contributed by atoms with E-state index in [0.717, 1.165) is 6.42 Å². The van der Waals surface area contributed by atoms with E-state index in [9.17, 15) is 14.4 Å². The summed E-state index contributed by atoms with van der Waals surface area (Å²) in [6.07, 6.45) is 1.85. The minimum Gasteiger partial charge on any atom is -0.481 e. The Morgan fingerprint density at radius 3 is 2.74 bits per heavy atom.